The smallest absolute Gasteiger partial charge is 0.322 e. The van der Waals surface area contributed by atoms with Gasteiger partial charge in [-0.1, -0.05) is 36.4 Å². The van der Waals surface area contributed by atoms with E-state index in [4.69, 9.17) is 0 Å². The fourth-order valence-electron chi connectivity index (χ4n) is 3.30. The number of alkyl halides is 3. The number of carbonyl (C=O) groups excluding carboxylic acids is 1. The van der Waals surface area contributed by atoms with Gasteiger partial charge >= 0.3 is 12.2 Å². The molecule has 150 valence electrons. The molecule has 1 fully saturated rings. The second-order valence-electron chi connectivity index (χ2n) is 6.93. The maximum Gasteiger partial charge on any atom is 0.416 e. The second kappa shape index (κ2) is 9.10. The van der Waals surface area contributed by atoms with Crippen molar-refractivity contribution >= 4 is 11.7 Å². The SMILES string of the molecule is O=C(Nc1cccc(C(F)(F)F)c1)N1CCN(CCCc2ccccc2)CC1. The highest BCUT2D eigenvalue weighted by molar-refractivity contribution is 5.89. The van der Waals surface area contributed by atoms with Crippen LogP contribution in [0.25, 0.3) is 0 Å². The van der Waals surface area contributed by atoms with E-state index in [2.05, 4.69) is 22.3 Å². The minimum absolute atomic E-state index is 0.158. The fourth-order valence-corrected chi connectivity index (χ4v) is 3.30. The quantitative estimate of drug-likeness (QED) is 0.815. The summed E-state index contributed by atoms with van der Waals surface area (Å²) < 4.78 is 38.4. The normalized spacial score (nSPS) is 15.5. The molecule has 0 spiro atoms. The van der Waals surface area contributed by atoms with E-state index in [9.17, 15) is 18.0 Å². The van der Waals surface area contributed by atoms with Gasteiger partial charge in [-0.2, -0.15) is 13.2 Å². The third kappa shape index (κ3) is 5.73. The first-order valence-electron chi connectivity index (χ1n) is 9.41. The van der Waals surface area contributed by atoms with Gasteiger partial charge in [-0.3, -0.25) is 4.90 Å². The molecule has 0 saturated carbocycles. The lowest BCUT2D eigenvalue weighted by molar-refractivity contribution is -0.137. The summed E-state index contributed by atoms with van der Waals surface area (Å²) in [5, 5.41) is 2.57. The highest BCUT2D eigenvalue weighted by Crippen LogP contribution is 2.30. The lowest BCUT2D eigenvalue weighted by Gasteiger charge is -2.34. The van der Waals surface area contributed by atoms with Crippen molar-refractivity contribution in [2.24, 2.45) is 0 Å². The molecule has 1 aliphatic rings. The Hall–Kier alpha value is -2.54. The predicted octanol–water partition coefficient (Wildman–Crippen LogP) is 4.49. The number of hydrogen-bond donors (Lipinski definition) is 1. The predicted molar refractivity (Wildman–Crippen MR) is 103 cm³/mol. The molecular formula is C21H24F3N3O. The number of piperazine rings is 1. The molecule has 0 atom stereocenters. The number of amides is 2. The molecule has 28 heavy (non-hydrogen) atoms. The molecule has 0 aliphatic carbocycles. The Bertz CT molecular complexity index is 772. The summed E-state index contributed by atoms with van der Waals surface area (Å²) >= 11 is 0. The van der Waals surface area contributed by atoms with Gasteiger partial charge in [0.15, 0.2) is 0 Å². The van der Waals surface area contributed by atoms with Gasteiger partial charge in [-0.05, 0) is 43.1 Å². The number of nitrogens with zero attached hydrogens (tertiary/aromatic N) is 2. The van der Waals surface area contributed by atoms with Crippen LogP contribution in [0.3, 0.4) is 0 Å². The lowest BCUT2D eigenvalue weighted by Crippen LogP contribution is -2.50. The van der Waals surface area contributed by atoms with Crippen LogP contribution in [0.5, 0.6) is 0 Å². The largest absolute Gasteiger partial charge is 0.416 e. The molecule has 2 aromatic carbocycles. The summed E-state index contributed by atoms with van der Waals surface area (Å²) in [5.41, 5.74) is 0.709. The molecule has 3 rings (SSSR count). The van der Waals surface area contributed by atoms with E-state index in [0.29, 0.717) is 13.1 Å². The van der Waals surface area contributed by atoms with Crippen molar-refractivity contribution in [1.29, 1.82) is 0 Å². The highest BCUT2D eigenvalue weighted by atomic mass is 19.4. The van der Waals surface area contributed by atoms with Gasteiger partial charge in [0.05, 0.1) is 5.56 Å². The molecule has 2 amide bonds. The number of anilines is 1. The summed E-state index contributed by atoms with van der Waals surface area (Å²) in [6, 6.07) is 14.7. The van der Waals surface area contributed by atoms with Crippen molar-refractivity contribution in [1.82, 2.24) is 9.80 Å². The topological polar surface area (TPSA) is 35.6 Å². The van der Waals surface area contributed by atoms with Crippen LogP contribution in [0.4, 0.5) is 23.7 Å². The number of hydrogen-bond acceptors (Lipinski definition) is 2. The van der Waals surface area contributed by atoms with Gasteiger partial charge < -0.3 is 10.2 Å². The minimum Gasteiger partial charge on any atom is -0.322 e. The van der Waals surface area contributed by atoms with Crippen molar-refractivity contribution < 1.29 is 18.0 Å². The van der Waals surface area contributed by atoms with Crippen LogP contribution in [0.15, 0.2) is 54.6 Å². The Morgan fingerprint density at radius 2 is 1.68 bits per heavy atom. The van der Waals surface area contributed by atoms with Gasteiger partial charge in [-0.15, -0.1) is 0 Å². The Morgan fingerprint density at radius 3 is 2.36 bits per heavy atom. The average molecular weight is 391 g/mol. The van der Waals surface area contributed by atoms with Crippen molar-refractivity contribution in [3.05, 3.63) is 65.7 Å². The average Bonchev–Trinajstić information content (AvgIpc) is 2.69. The third-order valence-electron chi connectivity index (χ3n) is 4.88. The molecule has 0 bridgehead atoms. The van der Waals surface area contributed by atoms with E-state index in [0.717, 1.165) is 44.6 Å². The maximum absolute atomic E-state index is 12.8. The van der Waals surface area contributed by atoms with E-state index >= 15 is 0 Å². The first kappa shape index (κ1) is 20.2. The molecule has 0 unspecified atom stereocenters. The molecule has 1 saturated heterocycles. The Labute approximate surface area is 162 Å². The number of benzene rings is 2. The number of halogens is 3. The third-order valence-corrected chi connectivity index (χ3v) is 4.88. The lowest BCUT2D eigenvalue weighted by atomic mass is 10.1. The second-order valence-corrected chi connectivity index (χ2v) is 6.93. The van der Waals surface area contributed by atoms with Crippen molar-refractivity contribution in [2.75, 3.05) is 38.0 Å². The number of aryl methyl sites for hydroxylation is 1. The first-order valence-corrected chi connectivity index (χ1v) is 9.41. The molecule has 1 heterocycles. The summed E-state index contributed by atoms with van der Waals surface area (Å²) in [5.74, 6) is 0. The number of urea groups is 1. The number of carbonyl (C=O) groups is 1. The molecule has 0 radical (unpaired) electrons. The summed E-state index contributed by atoms with van der Waals surface area (Å²) in [7, 11) is 0. The standard InChI is InChI=1S/C21H24F3N3O/c22-21(23,24)18-9-4-10-19(16-18)25-20(28)27-14-12-26(13-15-27)11-5-8-17-6-2-1-3-7-17/h1-4,6-7,9-10,16H,5,8,11-15H2,(H,25,28). The van der Waals surface area contributed by atoms with Gasteiger partial charge in [0.1, 0.15) is 0 Å². The van der Waals surface area contributed by atoms with Gasteiger partial charge in [0.2, 0.25) is 0 Å². The first-order chi connectivity index (χ1) is 13.4. The minimum atomic E-state index is -4.42. The molecule has 0 aromatic heterocycles. The van der Waals surface area contributed by atoms with Crippen LogP contribution >= 0.6 is 0 Å². The highest BCUT2D eigenvalue weighted by Gasteiger charge is 2.30. The van der Waals surface area contributed by atoms with Crippen molar-refractivity contribution in [3.63, 3.8) is 0 Å². The van der Waals surface area contributed by atoms with E-state index < -0.39 is 11.7 Å². The zero-order valence-electron chi connectivity index (χ0n) is 15.6. The van der Waals surface area contributed by atoms with E-state index in [1.807, 2.05) is 18.2 Å². The maximum atomic E-state index is 12.8. The number of rotatable bonds is 5. The van der Waals surface area contributed by atoms with Gasteiger partial charge in [0, 0.05) is 31.9 Å². The summed E-state index contributed by atoms with van der Waals surface area (Å²) in [6.45, 7) is 3.64. The van der Waals surface area contributed by atoms with E-state index in [1.165, 1.54) is 17.7 Å². The number of nitrogens with one attached hydrogen (secondary N) is 1. The zero-order chi connectivity index (χ0) is 20.0. The Morgan fingerprint density at radius 1 is 0.964 bits per heavy atom. The molecule has 7 heteroatoms. The van der Waals surface area contributed by atoms with E-state index in [1.54, 1.807) is 4.90 Å². The van der Waals surface area contributed by atoms with Crippen LogP contribution in [-0.4, -0.2) is 48.6 Å². The van der Waals surface area contributed by atoms with Gasteiger partial charge in [0.25, 0.3) is 0 Å². The van der Waals surface area contributed by atoms with Crippen molar-refractivity contribution in [3.8, 4) is 0 Å². The Balaban J connectivity index is 1.42. The molecular weight excluding hydrogens is 367 g/mol. The van der Waals surface area contributed by atoms with Gasteiger partial charge in [-0.25, -0.2) is 4.79 Å². The van der Waals surface area contributed by atoms with Crippen LogP contribution in [0.1, 0.15) is 17.5 Å². The van der Waals surface area contributed by atoms with Crippen LogP contribution < -0.4 is 5.32 Å². The van der Waals surface area contributed by atoms with Crippen LogP contribution in [-0.2, 0) is 12.6 Å². The fraction of sp³-hybridized carbons (Fsp3) is 0.381. The van der Waals surface area contributed by atoms with Crippen LogP contribution in [0.2, 0.25) is 0 Å². The monoisotopic (exact) mass is 391 g/mol. The summed E-state index contributed by atoms with van der Waals surface area (Å²) in [6.07, 6.45) is -2.34. The molecule has 2 aromatic rings. The molecule has 1 N–H and O–H groups in total. The molecule has 4 nitrogen and oxygen atoms in total. The van der Waals surface area contributed by atoms with E-state index in [-0.39, 0.29) is 11.7 Å². The Kier molecular flexibility index (Phi) is 6.57. The zero-order valence-corrected chi connectivity index (χ0v) is 15.6. The van der Waals surface area contributed by atoms with Crippen LogP contribution in [0, 0.1) is 0 Å². The summed E-state index contributed by atoms with van der Waals surface area (Å²) in [4.78, 5) is 16.3. The van der Waals surface area contributed by atoms with Crippen molar-refractivity contribution in [2.45, 2.75) is 19.0 Å². The molecule has 1 aliphatic heterocycles.